The average molecular weight is 452 g/mol. The molecule has 0 spiro atoms. The summed E-state index contributed by atoms with van der Waals surface area (Å²) in [6.07, 6.45) is 1.88. The van der Waals surface area contributed by atoms with Gasteiger partial charge in [-0.3, -0.25) is 4.55 Å². The van der Waals surface area contributed by atoms with Crippen LogP contribution in [0.5, 0.6) is 17.4 Å². The molecule has 0 unspecified atom stereocenters. The van der Waals surface area contributed by atoms with Gasteiger partial charge >= 0.3 is 10.4 Å². The molecule has 3 aromatic heterocycles. The van der Waals surface area contributed by atoms with E-state index < -0.39 is 22.3 Å². The molecule has 1 atom stereocenters. The monoisotopic (exact) mass is 452 g/mol. The van der Waals surface area contributed by atoms with E-state index in [0.717, 1.165) is 5.69 Å². The summed E-state index contributed by atoms with van der Waals surface area (Å²) in [4.78, 5) is 7.19. The number of aromatic nitrogens is 4. The molecule has 0 aliphatic rings. The molecule has 12 heteroatoms. The molecule has 3 heterocycles. The van der Waals surface area contributed by atoms with Crippen molar-refractivity contribution >= 4 is 26.8 Å². The number of fused-ring (bicyclic) bond motifs is 2. The number of benzene rings is 1. The second-order valence-electron chi connectivity index (χ2n) is 7.02. The van der Waals surface area contributed by atoms with Gasteiger partial charge in [0, 0.05) is 22.2 Å². The van der Waals surface area contributed by atoms with Crippen molar-refractivity contribution in [2.45, 2.75) is 26.9 Å². The number of halogens is 1. The van der Waals surface area contributed by atoms with Gasteiger partial charge in [0.1, 0.15) is 30.3 Å². The number of nitrogens with one attached hydrogen (secondary N) is 1. The van der Waals surface area contributed by atoms with E-state index >= 15 is 0 Å². The second kappa shape index (κ2) is 7.80. The molecule has 2 N–H and O–H groups in total. The fourth-order valence-corrected chi connectivity index (χ4v) is 3.71. The Bertz CT molecular complexity index is 1380. The zero-order valence-electron chi connectivity index (χ0n) is 16.8. The highest BCUT2D eigenvalue weighted by molar-refractivity contribution is 7.80. The number of ether oxygens (including phenoxy) is 2. The molecule has 31 heavy (non-hydrogen) atoms. The van der Waals surface area contributed by atoms with Crippen molar-refractivity contribution in [2.75, 3.05) is 6.61 Å². The van der Waals surface area contributed by atoms with Crippen LogP contribution in [0.15, 0.2) is 30.7 Å². The Morgan fingerprint density at radius 2 is 2.10 bits per heavy atom. The molecule has 164 valence electrons. The van der Waals surface area contributed by atoms with Crippen LogP contribution in [0.25, 0.3) is 16.4 Å². The Hall–Kier alpha value is -3.22. The van der Waals surface area contributed by atoms with Crippen LogP contribution in [0.2, 0.25) is 0 Å². The molecular formula is C19H19FN4O6S. The quantitative estimate of drug-likeness (QED) is 0.409. The zero-order valence-corrected chi connectivity index (χ0v) is 17.6. The van der Waals surface area contributed by atoms with Gasteiger partial charge in [0.15, 0.2) is 11.6 Å². The van der Waals surface area contributed by atoms with Crippen LogP contribution in [0.4, 0.5) is 4.39 Å². The first-order valence-corrected chi connectivity index (χ1v) is 10.6. The first kappa shape index (κ1) is 21.0. The molecule has 0 fully saturated rings. The smallest absolute Gasteiger partial charge is 0.397 e. The molecular weight excluding hydrogens is 433 g/mol. The maximum atomic E-state index is 14.9. The van der Waals surface area contributed by atoms with Crippen LogP contribution in [0.3, 0.4) is 0 Å². The van der Waals surface area contributed by atoms with E-state index in [2.05, 4.69) is 19.2 Å². The summed E-state index contributed by atoms with van der Waals surface area (Å²) in [6.45, 7) is 4.83. The summed E-state index contributed by atoms with van der Waals surface area (Å²) in [5.41, 5.74) is 2.53. The van der Waals surface area contributed by atoms with E-state index in [1.54, 1.807) is 25.3 Å². The van der Waals surface area contributed by atoms with E-state index in [9.17, 15) is 12.8 Å². The van der Waals surface area contributed by atoms with Crippen molar-refractivity contribution in [1.82, 2.24) is 19.6 Å². The topological polar surface area (TPSA) is 128 Å². The number of rotatable bonds is 7. The Balaban J connectivity index is 1.63. The van der Waals surface area contributed by atoms with E-state index in [1.807, 2.05) is 6.92 Å². The average Bonchev–Trinajstić information content (AvgIpc) is 3.21. The van der Waals surface area contributed by atoms with Gasteiger partial charge in [0.2, 0.25) is 5.88 Å². The summed E-state index contributed by atoms with van der Waals surface area (Å²) in [6, 6.07) is 4.92. The lowest BCUT2D eigenvalue weighted by molar-refractivity contribution is 0.133. The number of H-pyrrole nitrogens is 1. The number of aryl methyl sites for hydroxylation is 2. The fraction of sp³-hybridized carbons (Fsp3) is 0.263. The standard InChI is InChI=1S/C19H19FN4O6S/c1-10-6-13-14(23-10)4-5-15(17(13)20)29-19-18-12(3)16(7-24(18)22-9-21-19)28-8-11(2)30-31(25,26)27/h4-7,9,11,23H,8H2,1-3H3,(H,25,26,27)/t11-/m1/s1/i9+2. The van der Waals surface area contributed by atoms with Gasteiger partial charge in [-0.1, -0.05) is 0 Å². The Morgan fingerprint density at radius 3 is 2.84 bits per heavy atom. The number of hydrogen-bond acceptors (Lipinski definition) is 7. The van der Waals surface area contributed by atoms with E-state index in [-0.39, 0.29) is 18.2 Å². The molecule has 0 aliphatic carbocycles. The molecule has 0 amide bonds. The predicted octanol–water partition coefficient (Wildman–Crippen LogP) is 3.35. The van der Waals surface area contributed by atoms with Crippen LogP contribution >= 0.6 is 0 Å². The summed E-state index contributed by atoms with van der Waals surface area (Å²) >= 11 is 0. The maximum Gasteiger partial charge on any atom is 0.397 e. The molecule has 4 rings (SSSR count). The van der Waals surface area contributed by atoms with Crippen LogP contribution < -0.4 is 9.47 Å². The van der Waals surface area contributed by atoms with Crippen molar-refractivity contribution in [1.29, 1.82) is 0 Å². The molecule has 0 radical (unpaired) electrons. The first-order valence-electron chi connectivity index (χ1n) is 9.19. The van der Waals surface area contributed by atoms with Crippen molar-refractivity contribution < 1.29 is 31.0 Å². The summed E-state index contributed by atoms with van der Waals surface area (Å²) in [5, 5.41) is 4.51. The normalized spacial score (nSPS) is 13.1. The van der Waals surface area contributed by atoms with E-state index in [4.69, 9.17) is 14.0 Å². The van der Waals surface area contributed by atoms with Crippen LogP contribution in [0.1, 0.15) is 18.2 Å². The molecule has 0 saturated heterocycles. The number of aromatic amines is 1. The zero-order chi connectivity index (χ0) is 22.3. The molecule has 0 bridgehead atoms. The van der Waals surface area contributed by atoms with Gasteiger partial charge in [-0.2, -0.15) is 18.5 Å². The minimum absolute atomic E-state index is 0.00495. The van der Waals surface area contributed by atoms with Crippen LogP contribution in [-0.4, -0.2) is 45.3 Å². The molecule has 0 saturated carbocycles. The van der Waals surface area contributed by atoms with Crippen LogP contribution in [-0.2, 0) is 14.6 Å². The molecule has 10 nitrogen and oxygen atoms in total. The van der Waals surface area contributed by atoms with Gasteiger partial charge in [-0.05, 0) is 39.0 Å². The van der Waals surface area contributed by atoms with Crippen molar-refractivity contribution in [3.05, 3.63) is 47.8 Å². The minimum Gasteiger partial charge on any atom is -0.489 e. The number of hydrogen-bond donors (Lipinski definition) is 2. The minimum atomic E-state index is -4.59. The third kappa shape index (κ3) is 4.31. The summed E-state index contributed by atoms with van der Waals surface area (Å²) < 4.78 is 62.5. The van der Waals surface area contributed by atoms with Gasteiger partial charge in [-0.15, -0.1) is 0 Å². The summed E-state index contributed by atoms with van der Waals surface area (Å²) in [7, 11) is -4.59. The molecule has 0 aliphatic heterocycles. The first-order chi connectivity index (χ1) is 14.6. The Morgan fingerprint density at radius 1 is 1.32 bits per heavy atom. The van der Waals surface area contributed by atoms with E-state index in [1.165, 1.54) is 23.8 Å². The van der Waals surface area contributed by atoms with Gasteiger partial charge in [0.05, 0.1) is 6.20 Å². The Kier molecular flexibility index (Phi) is 5.29. The molecule has 4 aromatic rings. The lowest BCUT2D eigenvalue weighted by Gasteiger charge is -2.11. The summed E-state index contributed by atoms with van der Waals surface area (Å²) in [5.74, 6) is -0.0239. The van der Waals surface area contributed by atoms with Gasteiger partial charge in [-0.25, -0.2) is 13.1 Å². The van der Waals surface area contributed by atoms with Crippen molar-refractivity contribution in [3.8, 4) is 17.4 Å². The fourth-order valence-electron chi connectivity index (χ4n) is 3.24. The van der Waals surface area contributed by atoms with Gasteiger partial charge in [0.25, 0.3) is 0 Å². The highest BCUT2D eigenvalue weighted by atomic mass is 32.3. The molecule has 1 aromatic carbocycles. The maximum absolute atomic E-state index is 14.9. The van der Waals surface area contributed by atoms with E-state index in [0.29, 0.717) is 27.7 Å². The predicted molar refractivity (Wildman–Crippen MR) is 108 cm³/mol. The lowest BCUT2D eigenvalue weighted by Crippen LogP contribution is -2.21. The third-order valence-corrected chi connectivity index (χ3v) is 5.12. The highest BCUT2D eigenvalue weighted by Crippen LogP contribution is 2.34. The second-order valence-corrected chi connectivity index (χ2v) is 8.06. The van der Waals surface area contributed by atoms with Crippen molar-refractivity contribution in [2.24, 2.45) is 0 Å². The van der Waals surface area contributed by atoms with Crippen molar-refractivity contribution in [3.63, 3.8) is 0 Å². The lowest BCUT2D eigenvalue weighted by atomic mass is 10.2. The van der Waals surface area contributed by atoms with Crippen LogP contribution in [0, 0.1) is 19.7 Å². The largest absolute Gasteiger partial charge is 0.489 e. The highest BCUT2D eigenvalue weighted by Gasteiger charge is 2.19. The van der Waals surface area contributed by atoms with Gasteiger partial charge < -0.3 is 14.5 Å². The SMILES string of the molecule is Cc1cc2c(F)c(Oc3n[14cH]nn4cc(OC[C@@H](C)OS(=O)(=O)O)c(C)c34)ccc2[nH]1. The number of nitrogens with zero attached hydrogens (tertiary/aromatic N) is 3. The Labute approximate surface area is 176 Å². The third-order valence-electron chi connectivity index (χ3n) is 4.55.